The minimum atomic E-state index is -0.186. The van der Waals surface area contributed by atoms with Crippen LogP contribution in [-0.2, 0) is 19.3 Å². The zero-order valence-electron chi connectivity index (χ0n) is 18.1. The van der Waals surface area contributed by atoms with Crippen molar-refractivity contribution in [3.05, 3.63) is 65.8 Å². The fourth-order valence-corrected chi connectivity index (χ4v) is 5.51. The molecule has 0 radical (unpaired) electrons. The number of rotatable bonds is 5. The summed E-state index contributed by atoms with van der Waals surface area (Å²) in [5.74, 6) is 4.68. The highest BCUT2D eigenvalue weighted by molar-refractivity contribution is 7.99. The van der Waals surface area contributed by atoms with Crippen molar-refractivity contribution in [3.63, 3.8) is 0 Å². The lowest BCUT2D eigenvalue weighted by molar-refractivity contribution is 0.356. The number of anilines is 1. The Kier molecular flexibility index (Phi) is 5.33. The van der Waals surface area contributed by atoms with Gasteiger partial charge in [-0.05, 0) is 36.2 Å². The minimum Gasteiger partial charge on any atom is -0.493 e. The predicted octanol–water partition coefficient (Wildman–Crippen LogP) is 3.60. The molecule has 0 bridgehead atoms. The highest BCUT2D eigenvalue weighted by atomic mass is 32.2. The number of aryl methyl sites for hydroxylation is 1. The van der Waals surface area contributed by atoms with E-state index in [2.05, 4.69) is 32.2 Å². The molecular weight excluding hydrogens is 439 g/mol. The first-order valence-electron chi connectivity index (χ1n) is 11.2. The zero-order chi connectivity index (χ0) is 22.2. The Morgan fingerprint density at radius 2 is 1.94 bits per heavy atom. The second kappa shape index (κ2) is 8.62. The smallest absolute Gasteiger partial charge is 0.171 e. The summed E-state index contributed by atoms with van der Waals surface area (Å²) in [7, 11) is 0. The largest absolute Gasteiger partial charge is 0.493 e. The van der Waals surface area contributed by atoms with Crippen molar-refractivity contribution in [1.82, 2.24) is 24.6 Å². The number of benzene rings is 1. The summed E-state index contributed by atoms with van der Waals surface area (Å²) in [5, 5.41) is 8.45. The number of halogens is 1. The normalized spacial score (nSPS) is 15.6. The van der Waals surface area contributed by atoms with Crippen LogP contribution in [0.25, 0.3) is 16.8 Å². The molecule has 0 amide bonds. The van der Waals surface area contributed by atoms with Crippen LogP contribution in [0.3, 0.4) is 0 Å². The molecule has 1 fully saturated rings. The summed E-state index contributed by atoms with van der Waals surface area (Å²) in [4.78, 5) is 11.7. The average molecular weight is 463 g/mol. The van der Waals surface area contributed by atoms with Crippen LogP contribution in [0.5, 0.6) is 5.75 Å². The lowest BCUT2D eigenvalue weighted by atomic mass is 10.00. The Bertz CT molecular complexity index is 1300. The van der Waals surface area contributed by atoms with Crippen molar-refractivity contribution < 1.29 is 9.13 Å². The number of hydrogen-bond donors (Lipinski definition) is 0. The van der Waals surface area contributed by atoms with Crippen molar-refractivity contribution in [2.45, 2.75) is 19.3 Å². The third-order valence-electron chi connectivity index (χ3n) is 6.34. The van der Waals surface area contributed by atoms with Crippen LogP contribution < -0.4 is 9.64 Å². The number of pyridine rings is 1. The van der Waals surface area contributed by atoms with E-state index in [1.54, 1.807) is 12.4 Å². The fourth-order valence-electron chi connectivity index (χ4n) is 4.60. The summed E-state index contributed by atoms with van der Waals surface area (Å²) in [5.41, 5.74) is 4.25. The standard InChI is InChI=1S/C24H23FN6OS/c25-20-3-4-21-18(7-10-32-21)17(20)2-6-23-27-14-19(24-29-28-15-31(23)24)16-1-5-22(26-13-16)30-8-11-33-12-9-30/h1,3-5,13-15H,2,6-12H2. The second-order valence-corrected chi connectivity index (χ2v) is 9.44. The Balaban J connectivity index is 1.27. The van der Waals surface area contributed by atoms with Gasteiger partial charge in [0.2, 0.25) is 0 Å². The van der Waals surface area contributed by atoms with E-state index < -0.39 is 0 Å². The molecule has 0 saturated carbocycles. The fraction of sp³-hybridized carbons (Fsp3) is 0.333. The summed E-state index contributed by atoms with van der Waals surface area (Å²) < 4.78 is 22.0. The van der Waals surface area contributed by atoms with E-state index >= 15 is 0 Å². The quantitative estimate of drug-likeness (QED) is 0.449. The van der Waals surface area contributed by atoms with Crippen LogP contribution in [-0.4, -0.2) is 55.8 Å². The third kappa shape index (κ3) is 3.80. The first kappa shape index (κ1) is 20.4. The molecule has 4 aromatic rings. The van der Waals surface area contributed by atoms with Crippen LogP contribution in [0.1, 0.15) is 17.0 Å². The molecule has 0 N–H and O–H groups in total. The van der Waals surface area contributed by atoms with E-state index in [-0.39, 0.29) is 5.82 Å². The van der Waals surface area contributed by atoms with Crippen LogP contribution in [0.4, 0.5) is 10.2 Å². The molecule has 0 spiro atoms. The van der Waals surface area contributed by atoms with E-state index in [1.165, 1.54) is 6.07 Å². The molecule has 3 aromatic heterocycles. The van der Waals surface area contributed by atoms with E-state index in [0.717, 1.165) is 70.7 Å². The molecule has 1 saturated heterocycles. The SMILES string of the molecule is Fc1ccc2c(c1CCc1ncc(-c3ccc(N4CCSCC4)nc3)c3nncn13)CCO2. The molecule has 0 aliphatic carbocycles. The van der Waals surface area contributed by atoms with Gasteiger partial charge in [-0.2, -0.15) is 11.8 Å². The number of nitrogens with zero attached hydrogens (tertiary/aromatic N) is 6. The van der Waals surface area contributed by atoms with Crippen molar-refractivity contribution in [2.24, 2.45) is 0 Å². The second-order valence-electron chi connectivity index (χ2n) is 8.22. The van der Waals surface area contributed by atoms with Gasteiger partial charge < -0.3 is 9.64 Å². The van der Waals surface area contributed by atoms with Crippen molar-refractivity contribution in [3.8, 4) is 16.9 Å². The number of ether oxygens (including phenoxy) is 1. The van der Waals surface area contributed by atoms with Gasteiger partial charge in [0.1, 0.15) is 29.5 Å². The first-order chi connectivity index (χ1) is 16.3. The lowest BCUT2D eigenvalue weighted by Crippen LogP contribution is -2.32. The highest BCUT2D eigenvalue weighted by Gasteiger charge is 2.20. The highest BCUT2D eigenvalue weighted by Crippen LogP contribution is 2.31. The Labute approximate surface area is 195 Å². The number of hydrogen-bond acceptors (Lipinski definition) is 7. The number of thioether (sulfide) groups is 1. The van der Waals surface area contributed by atoms with Crippen LogP contribution in [0, 0.1) is 5.82 Å². The maximum atomic E-state index is 14.5. The van der Waals surface area contributed by atoms with Gasteiger partial charge in [-0.1, -0.05) is 0 Å². The maximum Gasteiger partial charge on any atom is 0.171 e. The summed E-state index contributed by atoms with van der Waals surface area (Å²) in [6.45, 7) is 2.66. The van der Waals surface area contributed by atoms with Gasteiger partial charge in [-0.15, -0.1) is 10.2 Å². The Hall–Kier alpha value is -3.20. The van der Waals surface area contributed by atoms with E-state index in [0.29, 0.717) is 25.0 Å². The molecule has 0 unspecified atom stereocenters. The van der Waals surface area contributed by atoms with E-state index in [1.807, 2.05) is 28.6 Å². The topological polar surface area (TPSA) is 68.4 Å². The molecule has 1 aromatic carbocycles. The maximum absolute atomic E-state index is 14.5. The first-order valence-corrected chi connectivity index (χ1v) is 12.3. The zero-order valence-corrected chi connectivity index (χ0v) is 18.9. The molecule has 2 aliphatic rings. The number of aromatic nitrogens is 5. The van der Waals surface area contributed by atoms with Crippen LogP contribution in [0.2, 0.25) is 0 Å². The molecule has 6 rings (SSSR count). The molecule has 5 heterocycles. The van der Waals surface area contributed by atoms with Crippen LogP contribution in [0.15, 0.2) is 43.0 Å². The van der Waals surface area contributed by atoms with Crippen molar-refractivity contribution in [2.75, 3.05) is 36.1 Å². The van der Waals surface area contributed by atoms with Gasteiger partial charge in [-0.3, -0.25) is 4.40 Å². The van der Waals surface area contributed by atoms with Crippen molar-refractivity contribution >= 4 is 23.2 Å². The summed E-state index contributed by atoms with van der Waals surface area (Å²) in [6, 6.07) is 7.34. The molecule has 2 aliphatic heterocycles. The molecule has 168 valence electrons. The molecule has 33 heavy (non-hydrogen) atoms. The van der Waals surface area contributed by atoms with Gasteiger partial charge >= 0.3 is 0 Å². The molecule has 9 heteroatoms. The van der Waals surface area contributed by atoms with Gasteiger partial charge in [0.15, 0.2) is 5.65 Å². The third-order valence-corrected chi connectivity index (χ3v) is 7.29. The van der Waals surface area contributed by atoms with Crippen molar-refractivity contribution in [1.29, 1.82) is 0 Å². The molecular formula is C24H23FN6OS. The van der Waals surface area contributed by atoms with Gasteiger partial charge in [-0.25, -0.2) is 14.4 Å². The predicted molar refractivity (Wildman–Crippen MR) is 127 cm³/mol. The molecule has 7 nitrogen and oxygen atoms in total. The van der Waals surface area contributed by atoms with Crippen LogP contribution >= 0.6 is 11.8 Å². The van der Waals surface area contributed by atoms with Gasteiger partial charge in [0.05, 0.1) is 6.61 Å². The van der Waals surface area contributed by atoms with E-state index in [9.17, 15) is 4.39 Å². The van der Waals surface area contributed by atoms with Gasteiger partial charge in [0.25, 0.3) is 0 Å². The Morgan fingerprint density at radius 1 is 1.03 bits per heavy atom. The lowest BCUT2D eigenvalue weighted by Gasteiger charge is -2.27. The summed E-state index contributed by atoms with van der Waals surface area (Å²) >= 11 is 1.98. The average Bonchev–Trinajstić information content (AvgIpc) is 3.54. The monoisotopic (exact) mass is 462 g/mol. The number of fused-ring (bicyclic) bond motifs is 2. The van der Waals surface area contributed by atoms with E-state index in [4.69, 9.17) is 9.72 Å². The Morgan fingerprint density at radius 3 is 2.79 bits per heavy atom. The molecule has 0 atom stereocenters. The summed E-state index contributed by atoms with van der Waals surface area (Å²) in [6.07, 6.45) is 7.24. The minimum absolute atomic E-state index is 0.186. The van der Waals surface area contributed by atoms with Gasteiger partial charge in [0, 0.05) is 66.5 Å².